The maximum Gasteiger partial charge on any atom is 0.243 e. The predicted octanol–water partition coefficient (Wildman–Crippen LogP) is 1.76. The van der Waals surface area contributed by atoms with E-state index in [1.165, 1.54) is 5.69 Å². The monoisotopic (exact) mass is 319 g/mol. The second-order valence-corrected chi connectivity index (χ2v) is 6.09. The summed E-state index contributed by atoms with van der Waals surface area (Å²) in [4.78, 5) is 6.85. The summed E-state index contributed by atoms with van der Waals surface area (Å²) < 4.78 is 7.30. The zero-order valence-electron chi connectivity index (χ0n) is 13.9. The van der Waals surface area contributed by atoms with Gasteiger partial charge in [0.25, 0.3) is 0 Å². The molecule has 23 heavy (non-hydrogen) atoms. The number of rotatable bonds is 6. The first-order chi connectivity index (χ1) is 11.2. The van der Waals surface area contributed by atoms with E-state index >= 15 is 0 Å². The van der Waals surface area contributed by atoms with Gasteiger partial charge in [-0.3, -0.25) is 9.58 Å². The van der Waals surface area contributed by atoms with Crippen molar-refractivity contribution in [2.24, 2.45) is 0 Å². The highest BCUT2D eigenvalue weighted by molar-refractivity contribution is 5.09. The Morgan fingerprint density at radius 2 is 2.17 bits per heavy atom. The van der Waals surface area contributed by atoms with Gasteiger partial charge in [0.05, 0.1) is 19.2 Å². The van der Waals surface area contributed by atoms with Crippen molar-refractivity contribution >= 4 is 0 Å². The summed E-state index contributed by atoms with van der Waals surface area (Å²) in [5.41, 5.74) is 1.23. The molecule has 2 aromatic rings. The van der Waals surface area contributed by atoms with E-state index < -0.39 is 0 Å². The summed E-state index contributed by atoms with van der Waals surface area (Å²) in [6.07, 6.45) is 4.78. The number of aryl methyl sites for hydroxylation is 1. The van der Waals surface area contributed by atoms with Crippen LogP contribution in [0.15, 0.2) is 16.8 Å². The summed E-state index contributed by atoms with van der Waals surface area (Å²) in [6, 6.07) is 2.23. The van der Waals surface area contributed by atoms with Gasteiger partial charge in [0.2, 0.25) is 5.89 Å². The molecule has 0 spiro atoms. The number of likely N-dealkylation sites (tertiary alicyclic amines) is 1. The molecule has 0 unspecified atom stereocenters. The molecule has 126 valence electrons. The van der Waals surface area contributed by atoms with Crippen molar-refractivity contribution < 1.29 is 9.63 Å². The smallest absolute Gasteiger partial charge is 0.243 e. The summed E-state index contributed by atoms with van der Waals surface area (Å²) in [7, 11) is 0. The van der Waals surface area contributed by atoms with Gasteiger partial charge in [-0.15, -0.1) is 0 Å². The Bertz CT molecular complexity index is 616. The fourth-order valence-corrected chi connectivity index (χ4v) is 3.29. The first kappa shape index (κ1) is 16.1. The Kier molecular flexibility index (Phi) is 5.07. The van der Waals surface area contributed by atoms with Gasteiger partial charge in [-0.25, -0.2) is 0 Å². The van der Waals surface area contributed by atoms with Gasteiger partial charge < -0.3 is 9.63 Å². The van der Waals surface area contributed by atoms with E-state index in [-0.39, 0.29) is 12.6 Å². The Morgan fingerprint density at radius 1 is 1.39 bits per heavy atom. The van der Waals surface area contributed by atoms with Crippen LogP contribution in [0, 0.1) is 0 Å². The molecule has 3 heterocycles. The average Bonchev–Trinajstić information content (AvgIpc) is 3.24. The molecular weight excluding hydrogens is 294 g/mol. The van der Waals surface area contributed by atoms with Gasteiger partial charge in [0.15, 0.2) is 5.82 Å². The summed E-state index contributed by atoms with van der Waals surface area (Å²) in [5.74, 6) is 1.99. The molecule has 3 rings (SSSR count). The lowest BCUT2D eigenvalue weighted by molar-refractivity contribution is 0.134. The number of hydrogen-bond acceptors (Lipinski definition) is 6. The van der Waals surface area contributed by atoms with E-state index in [0.29, 0.717) is 18.4 Å². The van der Waals surface area contributed by atoms with Crippen molar-refractivity contribution in [3.8, 4) is 0 Å². The van der Waals surface area contributed by atoms with Crippen LogP contribution in [0.1, 0.15) is 56.1 Å². The molecule has 0 aliphatic carbocycles. The van der Waals surface area contributed by atoms with Crippen LogP contribution in [-0.2, 0) is 13.0 Å². The van der Waals surface area contributed by atoms with Gasteiger partial charge in [-0.2, -0.15) is 10.1 Å². The Balaban J connectivity index is 1.60. The summed E-state index contributed by atoms with van der Waals surface area (Å²) in [5, 5.41) is 17.4. The zero-order chi connectivity index (χ0) is 16.2. The molecule has 0 aromatic carbocycles. The molecular formula is C16H25N5O2. The lowest BCUT2D eigenvalue weighted by Gasteiger charge is -2.34. The van der Waals surface area contributed by atoms with Crippen LogP contribution in [-0.4, -0.2) is 49.6 Å². The standard InChI is InChI=1S/C16H25N5O2/c1-3-15-18-16(23-19-15)12(2)20-8-5-13(6-9-20)14-4-7-17-21(14)10-11-22/h4,7,12-13,22H,3,5-6,8-11H2,1-2H3/t12-/m1/s1. The van der Waals surface area contributed by atoms with E-state index in [0.717, 1.165) is 38.2 Å². The first-order valence-corrected chi connectivity index (χ1v) is 8.42. The fourth-order valence-electron chi connectivity index (χ4n) is 3.29. The fraction of sp³-hybridized carbons (Fsp3) is 0.688. The normalized spacial score (nSPS) is 18.4. The molecule has 7 nitrogen and oxygen atoms in total. The number of aliphatic hydroxyl groups is 1. The second-order valence-electron chi connectivity index (χ2n) is 6.09. The third-order valence-corrected chi connectivity index (χ3v) is 4.71. The molecule has 1 N–H and O–H groups in total. The van der Waals surface area contributed by atoms with E-state index in [4.69, 9.17) is 9.63 Å². The Hall–Kier alpha value is -1.73. The number of piperidine rings is 1. The first-order valence-electron chi connectivity index (χ1n) is 8.42. The van der Waals surface area contributed by atoms with Crippen LogP contribution in [0.3, 0.4) is 0 Å². The number of hydrogen-bond donors (Lipinski definition) is 1. The predicted molar refractivity (Wildman–Crippen MR) is 85.0 cm³/mol. The number of aliphatic hydroxyl groups excluding tert-OH is 1. The van der Waals surface area contributed by atoms with Crippen molar-refractivity contribution in [1.29, 1.82) is 0 Å². The van der Waals surface area contributed by atoms with Crippen molar-refractivity contribution in [1.82, 2.24) is 24.8 Å². The maximum absolute atomic E-state index is 9.13. The van der Waals surface area contributed by atoms with E-state index in [9.17, 15) is 0 Å². The van der Waals surface area contributed by atoms with Crippen LogP contribution in [0.25, 0.3) is 0 Å². The molecule has 2 aromatic heterocycles. The average molecular weight is 319 g/mol. The second kappa shape index (κ2) is 7.23. The largest absolute Gasteiger partial charge is 0.394 e. The number of aromatic nitrogens is 4. The van der Waals surface area contributed by atoms with E-state index in [1.807, 2.05) is 17.8 Å². The molecule has 0 amide bonds. The molecule has 1 fully saturated rings. The molecule has 0 saturated carbocycles. The van der Waals surface area contributed by atoms with Crippen molar-refractivity contribution in [2.45, 2.75) is 51.6 Å². The highest BCUT2D eigenvalue weighted by Crippen LogP contribution is 2.31. The molecule has 1 aliphatic rings. The quantitative estimate of drug-likeness (QED) is 0.874. The van der Waals surface area contributed by atoms with Crippen molar-refractivity contribution in [2.75, 3.05) is 19.7 Å². The third kappa shape index (κ3) is 3.45. The molecule has 1 saturated heterocycles. The topological polar surface area (TPSA) is 80.2 Å². The minimum Gasteiger partial charge on any atom is -0.394 e. The van der Waals surface area contributed by atoms with E-state index in [2.05, 4.69) is 33.1 Å². The molecule has 1 aliphatic heterocycles. The Morgan fingerprint density at radius 3 is 2.83 bits per heavy atom. The molecule has 0 radical (unpaired) electrons. The van der Waals surface area contributed by atoms with Crippen LogP contribution >= 0.6 is 0 Å². The lowest BCUT2D eigenvalue weighted by Crippen LogP contribution is -2.35. The zero-order valence-corrected chi connectivity index (χ0v) is 13.9. The summed E-state index contributed by atoms with van der Waals surface area (Å²) in [6.45, 7) is 6.85. The van der Waals surface area contributed by atoms with Crippen molar-refractivity contribution in [3.63, 3.8) is 0 Å². The SMILES string of the molecule is CCc1noc([C@@H](C)N2CCC(c3ccnn3CCO)CC2)n1. The highest BCUT2D eigenvalue weighted by Gasteiger charge is 2.28. The van der Waals surface area contributed by atoms with Gasteiger partial charge in [-0.1, -0.05) is 12.1 Å². The minimum absolute atomic E-state index is 0.126. The van der Waals surface area contributed by atoms with Crippen LogP contribution in [0.4, 0.5) is 0 Å². The van der Waals surface area contributed by atoms with Gasteiger partial charge in [-0.05, 0) is 38.9 Å². The third-order valence-electron chi connectivity index (χ3n) is 4.71. The lowest BCUT2D eigenvalue weighted by atomic mass is 9.92. The van der Waals surface area contributed by atoms with E-state index in [1.54, 1.807) is 0 Å². The highest BCUT2D eigenvalue weighted by atomic mass is 16.5. The Labute approximate surface area is 136 Å². The van der Waals surface area contributed by atoms with Gasteiger partial charge >= 0.3 is 0 Å². The molecule has 1 atom stereocenters. The molecule has 7 heteroatoms. The van der Waals surface area contributed by atoms with Gasteiger partial charge in [0, 0.05) is 24.2 Å². The maximum atomic E-state index is 9.13. The van der Waals surface area contributed by atoms with Crippen LogP contribution in [0.2, 0.25) is 0 Å². The van der Waals surface area contributed by atoms with Crippen LogP contribution in [0.5, 0.6) is 0 Å². The number of nitrogens with zero attached hydrogens (tertiary/aromatic N) is 5. The van der Waals surface area contributed by atoms with Gasteiger partial charge in [0.1, 0.15) is 0 Å². The minimum atomic E-state index is 0.126. The molecule has 0 bridgehead atoms. The van der Waals surface area contributed by atoms with Crippen LogP contribution < -0.4 is 0 Å². The van der Waals surface area contributed by atoms with Crippen molar-refractivity contribution in [3.05, 3.63) is 29.7 Å². The summed E-state index contributed by atoms with van der Waals surface area (Å²) >= 11 is 0.